The SMILES string of the molecule is CC(C)CNc1cncc(C(=O)Nc2ccc(F)c(F)c2)c1. The van der Waals surface area contributed by atoms with Gasteiger partial charge < -0.3 is 10.6 Å². The van der Waals surface area contributed by atoms with E-state index in [1.54, 1.807) is 12.3 Å². The van der Waals surface area contributed by atoms with Gasteiger partial charge in [0.25, 0.3) is 5.91 Å². The molecule has 0 spiro atoms. The van der Waals surface area contributed by atoms with E-state index >= 15 is 0 Å². The van der Waals surface area contributed by atoms with Crippen LogP contribution in [0.3, 0.4) is 0 Å². The molecule has 4 nitrogen and oxygen atoms in total. The van der Waals surface area contributed by atoms with Crippen LogP contribution >= 0.6 is 0 Å². The van der Waals surface area contributed by atoms with Crippen LogP contribution < -0.4 is 10.6 Å². The van der Waals surface area contributed by atoms with Crippen LogP contribution in [0.5, 0.6) is 0 Å². The molecule has 0 aliphatic heterocycles. The lowest BCUT2D eigenvalue weighted by molar-refractivity contribution is 0.102. The third-order valence-corrected chi connectivity index (χ3v) is 2.89. The Balaban J connectivity index is 2.08. The first-order valence-corrected chi connectivity index (χ1v) is 6.91. The summed E-state index contributed by atoms with van der Waals surface area (Å²) in [6, 6.07) is 4.85. The minimum absolute atomic E-state index is 0.185. The van der Waals surface area contributed by atoms with Crippen LogP contribution in [0.15, 0.2) is 36.7 Å². The molecule has 1 amide bonds. The number of rotatable bonds is 5. The van der Waals surface area contributed by atoms with E-state index in [0.717, 1.165) is 24.4 Å². The maximum absolute atomic E-state index is 13.1. The van der Waals surface area contributed by atoms with Crippen LogP contribution in [-0.2, 0) is 0 Å². The first-order chi connectivity index (χ1) is 10.5. The molecule has 2 aromatic rings. The summed E-state index contributed by atoms with van der Waals surface area (Å²) in [7, 11) is 0. The highest BCUT2D eigenvalue weighted by Crippen LogP contribution is 2.15. The van der Waals surface area contributed by atoms with Gasteiger partial charge in [-0.2, -0.15) is 0 Å². The highest BCUT2D eigenvalue weighted by atomic mass is 19.2. The number of hydrogen-bond acceptors (Lipinski definition) is 3. The number of nitrogens with one attached hydrogen (secondary N) is 2. The summed E-state index contributed by atoms with van der Waals surface area (Å²) in [6.45, 7) is 4.90. The molecule has 2 rings (SSSR count). The number of benzene rings is 1. The fourth-order valence-electron chi connectivity index (χ4n) is 1.76. The molecular formula is C16H17F2N3O. The van der Waals surface area contributed by atoms with Crippen molar-refractivity contribution in [1.29, 1.82) is 0 Å². The van der Waals surface area contributed by atoms with Gasteiger partial charge in [-0.25, -0.2) is 8.78 Å². The summed E-state index contributed by atoms with van der Waals surface area (Å²) in [6.07, 6.45) is 3.03. The first-order valence-electron chi connectivity index (χ1n) is 6.91. The third-order valence-electron chi connectivity index (χ3n) is 2.89. The molecule has 0 aliphatic carbocycles. The monoisotopic (exact) mass is 305 g/mol. The van der Waals surface area contributed by atoms with Crippen molar-refractivity contribution in [2.24, 2.45) is 5.92 Å². The molecule has 116 valence electrons. The van der Waals surface area contributed by atoms with E-state index in [1.807, 2.05) is 0 Å². The summed E-state index contributed by atoms with van der Waals surface area (Å²) in [5.74, 6) is -1.95. The van der Waals surface area contributed by atoms with E-state index in [9.17, 15) is 13.6 Å². The quantitative estimate of drug-likeness (QED) is 0.886. The number of pyridine rings is 1. The van der Waals surface area contributed by atoms with Crippen LogP contribution in [0, 0.1) is 17.6 Å². The predicted octanol–water partition coefficient (Wildman–Crippen LogP) is 3.68. The molecule has 6 heteroatoms. The lowest BCUT2D eigenvalue weighted by Gasteiger charge is -2.10. The van der Waals surface area contributed by atoms with E-state index in [-0.39, 0.29) is 5.69 Å². The zero-order valence-electron chi connectivity index (χ0n) is 12.4. The molecule has 0 aliphatic rings. The predicted molar refractivity (Wildman–Crippen MR) is 81.9 cm³/mol. The van der Waals surface area contributed by atoms with Crippen molar-refractivity contribution in [2.75, 3.05) is 17.2 Å². The highest BCUT2D eigenvalue weighted by Gasteiger charge is 2.09. The van der Waals surface area contributed by atoms with Gasteiger partial charge in [0.1, 0.15) is 0 Å². The fraction of sp³-hybridized carbons (Fsp3) is 0.250. The van der Waals surface area contributed by atoms with E-state index < -0.39 is 17.5 Å². The molecule has 1 heterocycles. The molecule has 0 saturated carbocycles. The van der Waals surface area contributed by atoms with Crippen molar-refractivity contribution in [3.05, 3.63) is 53.9 Å². The average molecular weight is 305 g/mol. The Morgan fingerprint density at radius 3 is 2.59 bits per heavy atom. The lowest BCUT2D eigenvalue weighted by atomic mass is 10.2. The summed E-state index contributed by atoms with van der Waals surface area (Å²) in [4.78, 5) is 16.1. The maximum Gasteiger partial charge on any atom is 0.257 e. The minimum atomic E-state index is -1.01. The first kappa shape index (κ1) is 15.9. The molecule has 1 aromatic heterocycles. The largest absolute Gasteiger partial charge is 0.384 e. The lowest BCUT2D eigenvalue weighted by Crippen LogP contribution is -2.14. The Kier molecular flexibility index (Phi) is 5.04. The van der Waals surface area contributed by atoms with Gasteiger partial charge in [0.2, 0.25) is 0 Å². The van der Waals surface area contributed by atoms with Crippen LogP contribution in [0.2, 0.25) is 0 Å². The summed E-state index contributed by atoms with van der Waals surface area (Å²) in [5, 5.41) is 5.67. The van der Waals surface area contributed by atoms with Gasteiger partial charge in [-0.1, -0.05) is 13.8 Å². The number of halogens is 2. The van der Waals surface area contributed by atoms with E-state index in [2.05, 4.69) is 29.5 Å². The number of carbonyl (C=O) groups is 1. The third kappa shape index (κ3) is 4.25. The van der Waals surface area contributed by atoms with Crippen LogP contribution in [0.1, 0.15) is 24.2 Å². The minimum Gasteiger partial charge on any atom is -0.384 e. The van der Waals surface area contributed by atoms with E-state index in [1.165, 1.54) is 12.3 Å². The van der Waals surface area contributed by atoms with Gasteiger partial charge in [-0.15, -0.1) is 0 Å². The number of carbonyl (C=O) groups excluding carboxylic acids is 1. The Morgan fingerprint density at radius 1 is 1.14 bits per heavy atom. The van der Waals surface area contributed by atoms with Gasteiger partial charge in [0.05, 0.1) is 11.3 Å². The molecule has 2 N–H and O–H groups in total. The molecule has 0 atom stereocenters. The van der Waals surface area contributed by atoms with E-state index in [0.29, 0.717) is 11.5 Å². The van der Waals surface area contributed by atoms with Crippen LogP contribution in [-0.4, -0.2) is 17.4 Å². The molecule has 0 bridgehead atoms. The fourth-order valence-corrected chi connectivity index (χ4v) is 1.76. The van der Waals surface area contributed by atoms with Crippen molar-refractivity contribution in [3.8, 4) is 0 Å². The van der Waals surface area contributed by atoms with Crippen molar-refractivity contribution in [2.45, 2.75) is 13.8 Å². The molecule has 0 saturated heterocycles. The van der Waals surface area contributed by atoms with Gasteiger partial charge in [-0.05, 0) is 24.1 Å². The number of amides is 1. The zero-order valence-corrected chi connectivity index (χ0v) is 12.4. The second-order valence-corrected chi connectivity index (χ2v) is 5.32. The standard InChI is InChI=1S/C16H17F2N3O/c1-10(2)7-20-13-5-11(8-19-9-13)16(22)21-12-3-4-14(17)15(18)6-12/h3-6,8-10,20H,7H2,1-2H3,(H,21,22). The summed E-state index contributed by atoms with van der Waals surface area (Å²) < 4.78 is 26.0. The summed E-state index contributed by atoms with van der Waals surface area (Å²) >= 11 is 0. The molecule has 0 fully saturated rings. The Morgan fingerprint density at radius 2 is 1.91 bits per heavy atom. The molecular weight excluding hydrogens is 288 g/mol. The Bertz CT molecular complexity index is 674. The second-order valence-electron chi connectivity index (χ2n) is 5.32. The van der Waals surface area contributed by atoms with Crippen molar-refractivity contribution < 1.29 is 13.6 Å². The van der Waals surface area contributed by atoms with Gasteiger partial charge in [0, 0.05) is 30.7 Å². The van der Waals surface area contributed by atoms with Gasteiger partial charge in [0.15, 0.2) is 11.6 Å². The summed E-state index contributed by atoms with van der Waals surface area (Å²) in [5.41, 5.74) is 1.24. The van der Waals surface area contributed by atoms with Gasteiger partial charge >= 0.3 is 0 Å². The highest BCUT2D eigenvalue weighted by molar-refractivity contribution is 6.04. The molecule has 1 aromatic carbocycles. The van der Waals surface area contributed by atoms with Crippen LogP contribution in [0.4, 0.5) is 20.2 Å². The second kappa shape index (κ2) is 6.98. The Labute approximate surface area is 127 Å². The van der Waals surface area contributed by atoms with Crippen molar-refractivity contribution >= 4 is 17.3 Å². The number of aromatic nitrogens is 1. The van der Waals surface area contributed by atoms with Crippen molar-refractivity contribution in [3.63, 3.8) is 0 Å². The number of hydrogen-bond donors (Lipinski definition) is 2. The number of anilines is 2. The molecule has 22 heavy (non-hydrogen) atoms. The van der Waals surface area contributed by atoms with Crippen molar-refractivity contribution in [1.82, 2.24) is 4.98 Å². The van der Waals surface area contributed by atoms with Crippen LogP contribution in [0.25, 0.3) is 0 Å². The zero-order chi connectivity index (χ0) is 16.1. The number of nitrogens with zero attached hydrogens (tertiary/aromatic N) is 1. The van der Waals surface area contributed by atoms with E-state index in [4.69, 9.17) is 0 Å². The maximum atomic E-state index is 13.1. The average Bonchev–Trinajstić information content (AvgIpc) is 2.49. The normalized spacial score (nSPS) is 10.6. The van der Waals surface area contributed by atoms with Gasteiger partial charge in [-0.3, -0.25) is 9.78 Å². The Hall–Kier alpha value is -2.50. The molecule has 0 radical (unpaired) electrons. The topological polar surface area (TPSA) is 54.0 Å². The smallest absolute Gasteiger partial charge is 0.257 e. The molecule has 0 unspecified atom stereocenters.